The maximum absolute atomic E-state index is 12.5. The Morgan fingerprint density at radius 3 is 2.69 bits per heavy atom. The van der Waals surface area contributed by atoms with Gasteiger partial charge in [0.15, 0.2) is 0 Å². The fourth-order valence-corrected chi connectivity index (χ4v) is 3.09. The third kappa shape index (κ3) is 4.55. The normalized spacial score (nSPS) is 13.0. The number of carbonyl (C=O) groups excluding carboxylic acids is 1. The van der Waals surface area contributed by atoms with Crippen LogP contribution in [0.25, 0.3) is 0 Å². The van der Waals surface area contributed by atoms with Crippen LogP contribution in [0.3, 0.4) is 0 Å². The van der Waals surface area contributed by atoms with Crippen molar-refractivity contribution in [1.82, 2.24) is 4.90 Å². The van der Waals surface area contributed by atoms with Gasteiger partial charge in [0, 0.05) is 18.7 Å². The lowest BCUT2D eigenvalue weighted by Crippen LogP contribution is -2.29. The van der Waals surface area contributed by atoms with Gasteiger partial charge in [-0.05, 0) is 44.6 Å². The van der Waals surface area contributed by atoms with E-state index in [-0.39, 0.29) is 12.7 Å². The first kappa shape index (κ1) is 18.3. The molecule has 0 aromatic heterocycles. The highest BCUT2D eigenvalue weighted by Gasteiger charge is 2.28. The van der Waals surface area contributed by atoms with Gasteiger partial charge >= 0.3 is 6.09 Å². The highest BCUT2D eigenvalue weighted by molar-refractivity contribution is 5.91. The molecule has 0 radical (unpaired) electrons. The fraction of sp³-hybridized carbons (Fsp3) is 0.381. The summed E-state index contributed by atoms with van der Waals surface area (Å²) < 4.78 is 11.4. The maximum atomic E-state index is 12.5. The number of anilines is 1. The molecule has 1 heterocycles. The average Bonchev–Trinajstić information content (AvgIpc) is 3.09. The molecule has 138 valence electrons. The van der Waals surface area contributed by atoms with Crippen LogP contribution in [0.4, 0.5) is 10.5 Å². The number of fused-ring (bicyclic) bond motifs is 1. The van der Waals surface area contributed by atoms with Crippen LogP contribution in [0, 0.1) is 0 Å². The van der Waals surface area contributed by atoms with Gasteiger partial charge in [0.1, 0.15) is 12.4 Å². The predicted molar refractivity (Wildman–Crippen MR) is 103 cm³/mol. The topological polar surface area (TPSA) is 42.0 Å². The van der Waals surface area contributed by atoms with Crippen molar-refractivity contribution in [1.29, 1.82) is 0 Å². The fourth-order valence-electron chi connectivity index (χ4n) is 3.09. The van der Waals surface area contributed by atoms with Gasteiger partial charge in [-0.15, -0.1) is 0 Å². The highest BCUT2D eigenvalue weighted by Crippen LogP contribution is 2.35. The molecule has 0 spiro atoms. The number of carbonyl (C=O) groups is 1. The van der Waals surface area contributed by atoms with Gasteiger partial charge in [-0.2, -0.15) is 0 Å². The van der Waals surface area contributed by atoms with E-state index >= 15 is 0 Å². The summed E-state index contributed by atoms with van der Waals surface area (Å²) in [7, 11) is 4.11. The zero-order valence-corrected chi connectivity index (χ0v) is 15.5. The number of nitrogens with zero attached hydrogens (tertiary/aromatic N) is 2. The van der Waals surface area contributed by atoms with Crippen LogP contribution < -0.4 is 9.64 Å². The summed E-state index contributed by atoms with van der Waals surface area (Å²) in [6.45, 7) is 2.58. The Kier molecular flexibility index (Phi) is 6.12. The minimum absolute atomic E-state index is 0.284. The zero-order chi connectivity index (χ0) is 18.4. The van der Waals surface area contributed by atoms with Crippen molar-refractivity contribution in [2.45, 2.75) is 19.4 Å². The summed E-state index contributed by atoms with van der Waals surface area (Å²) in [6.07, 6.45) is 1.46. The van der Waals surface area contributed by atoms with Crippen molar-refractivity contribution in [2.75, 3.05) is 38.7 Å². The van der Waals surface area contributed by atoms with Crippen LogP contribution in [-0.2, 0) is 17.8 Å². The van der Waals surface area contributed by atoms with Gasteiger partial charge in [0.05, 0.1) is 12.3 Å². The lowest BCUT2D eigenvalue weighted by molar-refractivity contribution is 0.147. The molecular formula is C21H26N2O3. The van der Waals surface area contributed by atoms with E-state index in [1.807, 2.05) is 48.5 Å². The van der Waals surface area contributed by atoms with E-state index in [1.165, 1.54) is 0 Å². The van der Waals surface area contributed by atoms with Crippen LogP contribution in [-0.4, -0.2) is 44.8 Å². The summed E-state index contributed by atoms with van der Waals surface area (Å²) in [5.74, 6) is 0.875. The molecule has 0 N–H and O–H groups in total. The van der Waals surface area contributed by atoms with Crippen molar-refractivity contribution >= 4 is 11.8 Å². The Morgan fingerprint density at radius 2 is 1.92 bits per heavy atom. The SMILES string of the molecule is CN(C)CCCOc1cccc2c1CCN2C(=O)OCc1ccccc1. The van der Waals surface area contributed by atoms with Crippen molar-refractivity contribution < 1.29 is 14.3 Å². The van der Waals surface area contributed by atoms with Crippen molar-refractivity contribution in [3.05, 3.63) is 59.7 Å². The van der Waals surface area contributed by atoms with Crippen LogP contribution in [0.1, 0.15) is 17.5 Å². The molecule has 0 saturated carbocycles. The quantitative estimate of drug-likeness (QED) is 0.711. The second-order valence-corrected chi connectivity index (χ2v) is 6.70. The van der Waals surface area contributed by atoms with Crippen LogP contribution in [0.5, 0.6) is 5.75 Å². The third-order valence-electron chi connectivity index (χ3n) is 4.42. The van der Waals surface area contributed by atoms with Crippen LogP contribution in [0.2, 0.25) is 0 Å². The monoisotopic (exact) mass is 354 g/mol. The maximum Gasteiger partial charge on any atom is 0.414 e. The number of amides is 1. The van der Waals surface area contributed by atoms with Gasteiger partial charge in [-0.3, -0.25) is 4.90 Å². The minimum atomic E-state index is -0.308. The summed E-state index contributed by atoms with van der Waals surface area (Å²) in [5.41, 5.74) is 2.97. The van der Waals surface area contributed by atoms with Gasteiger partial charge < -0.3 is 14.4 Å². The highest BCUT2D eigenvalue weighted by atomic mass is 16.6. The molecule has 26 heavy (non-hydrogen) atoms. The number of ether oxygens (including phenoxy) is 2. The molecule has 1 aliphatic rings. The van der Waals surface area contributed by atoms with E-state index < -0.39 is 0 Å². The van der Waals surface area contributed by atoms with E-state index in [2.05, 4.69) is 19.0 Å². The molecule has 2 aromatic rings. The van der Waals surface area contributed by atoms with Gasteiger partial charge in [-0.25, -0.2) is 4.79 Å². The minimum Gasteiger partial charge on any atom is -0.493 e. The molecule has 3 rings (SSSR count). The molecular weight excluding hydrogens is 328 g/mol. The summed E-state index contributed by atoms with van der Waals surface area (Å²) in [5, 5.41) is 0. The van der Waals surface area contributed by atoms with Gasteiger partial charge in [0.25, 0.3) is 0 Å². The number of benzene rings is 2. The lowest BCUT2D eigenvalue weighted by atomic mass is 10.1. The second kappa shape index (κ2) is 8.72. The first-order chi connectivity index (χ1) is 12.6. The van der Waals surface area contributed by atoms with E-state index in [4.69, 9.17) is 9.47 Å². The molecule has 0 fully saturated rings. The smallest absolute Gasteiger partial charge is 0.414 e. The predicted octanol–water partition coefficient (Wildman–Crippen LogP) is 3.72. The summed E-state index contributed by atoms with van der Waals surface area (Å²) in [4.78, 5) is 16.3. The summed E-state index contributed by atoms with van der Waals surface area (Å²) >= 11 is 0. The first-order valence-electron chi connectivity index (χ1n) is 9.03. The Bertz CT molecular complexity index is 731. The molecule has 0 unspecified atom stereocenters. The zero-order valence-electron chi connectivity index (χ0n) is 15.5. The Hall–Kier alpha value is -2.53. The number of rotatable bonds is 7. The number of hydrogen-bond donors (Lipinski definition) is 0. The molecule has 1 amide bonds. The van der Waals surface area contributed by atoms with E-state index in [0.717, 1.165) is 42.0 Å². The van der Waals surface area contributed by atoms with Gasteiger partial charge in [0.2, 0.25) is 0 Å². The largest absolute Gasteiger partial charge is 0.493 e. The standard InChI is InChI=1S/C21H26N2O3/c1-22(2)13-7-15-25-20-11-6-10-19-18(20)12-14-23(19)21(24)26-16-17-8-4-3-5-9-17/h3-6,8-11H,7,12-16H2,1-2H3. The number of hydrogen-bond acceptors (Lipinski definition) is 4. The third-order valence-corrected chi connectivity index (χ3v) is 4.42. The molecule has 5 nitrogen and oxygen atoms in total. The van der Waals surface area contributed by atoms with E-state index in [0.29, 0.717) is 13.2 Å². The Morgan fingerprint density at radius 1 is 1.12 bits per heavy atom. The molecule has 0 aliphatic carbocycles. The molecule has 0 bridgehead atoms. The average molecular weight is 354 g/mol. The molecule has 2 aromatic carbocycles. The van der Waals surface area contributed by atoms with E-state index in [1.54, 1.807) is 4.90 Å². The molecule has 5 heteroatoms. The van der Waals surface area contributed by atoms with Crippen molar-refractivity contribution in [2.24, 2.45) is 0 Å². The van der Waals surface area contributed by atoms with Crippen LogP contribution >= 0.6 is 0 Å². The Balaban J connectivity index is 1.60. The van der Waals surface area contributed by atoms with Gasteiger partial charge in [-0.1, -0.05) is 36.4 Å². The molecule has 0 atom stereocenters. The van der Waals surface area contributed by atoms with Crippen molar-refractivity contribution in [3.63, 3.8) is 0 Å². The summed E-state index contributed by atoms with van der Waals surface area (Å²) in [6, 6.07) is 15.6. The molecule has 1 aliphatic heterocycles. The lowest BCUT2D eigenvalue weighted by Gasteiger charge is -2.18. The first-order valence-corrected chi connectivity index (χ1v) is 9.03. The molecule has 0 saturated heterocycles. The van der Waals surface area contributed by atoms with Crippen LogP contribution in [0.15, 0.2) is 48.5 Å². The van der Waals surface area contributed by atoms with Crippen molar-refractivity contribution in [3.8, 4) is 5.75 Å². The van der Waals surface area contributed by atoms with E-state index in [9.17, 15) is 4.79 Å². The second-order valence-electron chi connectivity index (χ2n) is 6.70. The Labute approximate surface area is 155 Å².